The average Bonchev–Trinajstić information content (AvgIpc) is 3.11. The quantitative estimate of drug-likeness (QED) is 0.557. The maximum absolute atomic E-state index is 11.7. The minimum atomic E-state index is -0.255. The molecule has 0 fully saturated rings. The Morgan fingerprint density at radius 2 is 2.04 bits per heavy atom. The number of nitrogens with one attached hydrogen (secondary N) is 2. The molecule has 0 saturated heterocycles. The molecule has 3 heterocycles. The number of aryl methyl sites for hydroxylation is 1. The number of carbonyl (C=O) groups is 1. The molecule has 2 N–H and O–H groups in total. The van der Waals surface area contributed by atoms with Crippen LogP contribution in [0, 0.1) is 6.92 Å². The van der Waals surface area contributed by atoms with Crippen LogP contribution in [-0.2, 0) is 4.79 Å². The van der Waals surface area contributed by atoms with Gasteiger partial charge in [0.15, 0.2) is 12.4 Å². The molecular weight excluding hydrogens is 336 g/mol. The summed E-state index contributed by atoms with van der Waals surface area (Å²) in [6.45, 7) is 2.69. The SMILES string of the molecule is Cc1ccn(-c2cc(NCCNC(=O)COc3ncccn3)ncn2)n1. The van der Waals surface area contributed by atoms with Gasteiger partial charge in [-0.05, 0) is 19.1 Å². The lowest BCUT2D eigenvalue weighted by Gasteiger charge is -2.08. The first-order valence-electron chi connectivity index (χ1n) is 7.96. The van der Waals surface area contributed by atoms with E-state index in [0.717, 1.165) is 5.69 Å². The van der Waals surface area contributed by atoms with E-state index in [1.807, 2.05) is 19.2 Å². The van der Waals surface area contributed by atoms with Gasteiger partial charge in [0.25, 0.3) is 5.91 Å². The lowest BCUT2D eigenvalue weighted by Crippen LogP contribution is -2.33. The Morgan fingerprint density at radius 3 is 2.81 bits per heavy atom. The summed E-state index contributed by atoms with van der Waals surface area (Å²) in [5, 5.41) is 10.2. The number of rotatable bonds is 8. The summed E-state index contributed by atoms with van der Waals surface area (Å²) < 4.78 is 6.84. The zero-order valence-corrected chi connectivity index (χ0v) is 14.2. The smallest absolute Gasteiger partial charge is 0.316 e. The number of nitrogens with zero attached hydrogens (tertiary/aromatic N) is 6. The van der Waals surface area contributed by atoms with Crippen LogP contribution in [0.5, 0.6) is 6.01 Å². The van der Waals surface area contributed by atoms with Gasteiger partial charge >= 0.3 is 6.01 Å². The van der Waals surface area contributed by atoms with Crippen molar-refractivity contribution in [1.29, 1.82) is 0 Å². The van der Waals surface area contributed by atoms with Crippen molar-refractivity contribution in [2.45, 2.75) is 6.92 Å². The molecule has 3 aromatic rings. The number of hydrogen-bond acceptors (Lipinski definition) is 8. The second-order valence-electron chi connectivity index (χ2n) is 5.26. The predicted octanol–water partition coefficient (Wildman–Crippen LogP) is 0.368. The third-order valence-electron chi connectivity index (χ3n) is 3.24. The summed E-state index contributed by atoms with van der Waals surface area (Å²) in [7, 11) is 0. The molecule has 0 spiro atoms. The Kier molecular flexibility index (Phi) is 5.65. The van der Waals surface area contributed by atoms with Crippen molar-refractivity contribution in [3.05, 3.63) is 48.8 Å². The maximum Gasteiger partial charge on any atom is 0.316 e. The molecule has 0 unspecified atom stereocenters. The molecule has 0 saturated carbocycles. The van der Waals surface area contributed by atoms with E-state index >= 15 is 0 Å². The van der Waals surface area contributed by atoms with Gasteiger partial charge in [-0.1, -0.05) is 0 Å². The third kappa shape index (κ3) is 4.97. The Bertz CT molecular complexity index is 852. The Morgan fingerprint density at radius 1 is 1.19 bits per heavy atom. The van der Waals surface area contributed by atoms with Crippen molar-refractivity contribution in [2.24, 2.45) is 0 Å². The van der Waals surface area contributed by atoms with Gasteiger partial charge in [-0.25, -0.2) is 24.6 Å². The predicted molar refractivity (Wildman–Crippen MR) is 92.9 cm³/mol. The molecule has 134 valence electrons. The van der Waals surface area contributed by atoms with Gasteiger partial charge in [0.2, 0.25) is 0 Å². The molecular formula is C16H18N8O2. The summed E-state index contributed by atoms with van der Waals surface area (Å²) in [5.41, 5.74) is 0.906. The molecule has 0 aliphatic carbocycles. The Labute approximate surface area is 149 Å². The number of aromatic nitrogens is 6. The van der Waals surface area contributed by atoms with E-state index in [4.69, 9.17) is 4.74 Å². The summed E-state index contributed by atoms with van der Waals surface area (Å²) in [5.74, 6) is 1.05. The van der Waals surface area contributed by atoms with E-state index in [2.05, 4.69) is 35.7 Å². The van der Waals surface area contributed by atoms with E-state index in [1.54, 1.807) is 29.2 Å². The normalized spacial score (nSPS) is 10.3. The molecule has 10 heteroatoms. The second kappa shape index (κ2) is 8.51. The summed E-state index contributed by atoms with van der Waals surface area (Å²) in [4.78, 5) is 27.8. The molecule has 3 aromatic heterocycles. The largest absolute Gasteiger partial charge is 0.453 e. The standard InChI is InChI=1S/C16H18N8O2/c1-12-3-8-24(23-12)14-9-13(21-11-22-14)17-6-7-18-15(25)10-26-16-19-4-2-5-20-16/h2-5,8-9,11H,6-7,10H2,1H3,(H,18,25)(H,17,21,22). The van der Waals surface area contributed by atoms with Crippen molar-refractivity contribution in [1.82, 2.24) is 35.0 Å². The molecule has 0 bridgehead atoms. The van der Waals surface area contributed by atoms with E-state index in [1.165, 1.54) is 6.33 Å². The highest BCUT2D eigenvalue weighted by molar-refractivity contribution is 5.77. The molecule has 10 nitrogen and oxygen atoms in total. The minimum absolute atomic E-state index is 0.139. The molecule has 3 rings (SSSR count). The minimum Gasteiger partial charge on any atom is -0.453 e. The van der Waals surface area contributed by atoms with Crippen LogP contribution in [0.25, 0.3) is 5.82 Å². The highest BCUT2D eigenvalue weighted by atomic mass is 16.5. The van der Waals surface area contributed by atoms with Crippen molar-refractivity contribution in [3.8, 4) is 11.8 Å². The molecule has 0 aromatic carbocycles. The van der Waals surface area contributed by atoms with Crippen LogP contribution < -0.4 is 15.4 Å². The number of carbonyl (C=O) groups excluding carboxylic acids is 1. The third-order valence-corrected chi connectivity index (χ3v) is 3.24. The van der Waals surface area contributed by atoms with Crippen molar-refractivity contribution >= 4 is 11.7 Å². The van der Waals surface area contributed by atoms with Gasteiger partial charge in [-0.3, -0.25) is 4.79 Å². The van der Waals surface area contributed by atoms with Crippen LogP contribution in [0.15, 0.2) is 43.1 Å². The Balaban J connectivity index is 1.40. The Hall–Kier alpha value is -3.56. The fourth-order valence-corrected chi connectivity index (χ4v) is 2.05. The molecule has 1 amide bonds. The van der Waals surface area contributed by atoms with Crippen LogP contribution in [-0.4, -0.2) is 55.3 Å². The van der Waals surface area contributed by atoms with Gasteiger partial charge in [0.1, 0.15) is 12.1 Å². The molecule has 26 heavy (non-hydrogen) atoms. The topological polar surface area (TPSA) is 120 Å². The lowest BCUT2D eigenvalue weighted by atomic mass is 10.5. The fourth-order valence-electron chi connectivity index (χ4n) is 2.05. The lowest BCUT2D eigenvalue weighted by molar-refractivity contribution is -0.123. The van der Waals surface area contributed by atoms with Crippen LogP contribution in [0.4, 0.5) is 5.82 Å². The van der Waals surface area contributed by atoms with Crippen molar-refractivity contribution < 1.29 is 9.53 Å². The number of amides is 1. The van der Waals surface area contributed by atoms with Gasteiger partial charge in [0, 0.05) is 37.7 Å². The highest BCUT2D eigenvalue weighted by Crippen LogP contribution is 2.08. The molecule has 0 aliphatic rings. The number of hydrogen-bond donors (Lipinski definition) is 2. The second-order valence-corrected chi connectivity index (χ2v) is 5.26. The molecule has 0 radical (unpaired) electrons. The molecule has 0 aliphatic heterocycles. The van der Waals surface area contributed by atoms with Gasteiger partial charge in [0.05, 0.1) is 5.69 Å². The van der Waals surface area contributed by atoms with E-state index in [0.29, 0.717) is 24.7 Å². The fraction of sp³-hybridized carbons (Fsp3) is 0.250. The summed E-state index contributed by atoms with van der Waals surface area (Å²) >= 11 is 0. The number of ether oxygens (including phenoxy) is 1. The van der Waals surface area contributed by atoms with Crippen LogP contribution >= 0.6 is 0 Å². The average molecular weight is 354 g/mol. The van der Waals surface area contributed by atoms with E-state index < -0.39 is 0 Å². The van der Waals surface area contributed by atoms with Gasteiger partial charge in [-0.2, -0.15) is 5.10 Å². The zero-order valence-electron chi connectivity index (χ0n) is 14.2. The maximum atomic E-state index is 11.7. The highest BCUT2D eigenvalue weighted by Gasteiger charge is 2.05. The first-order valence-corrected chi connectivity index (χ1v) is 7.96. The number of anilines is 1. The monoisotopic (exact) mass is 354 g/mol. The first-order chi connectivity index (χ1) is 12.7. The van der Waals surface area contributed by atoms with Crippen molar-refractivity contribution in [3.63, 3.8) is 0 Å². The first kappa shape index (κ1) is 17.3. The van der Waals surface area contributed by atoms with Crippen LogP contribution in [0.3, 0.4) is 0 Å². The summed E-state index contributed by atoms with van der Waals surface area (Å²) in [6, 6.07) is 5.52. The van der Waals surface area contributed by atoms with E-state index in [-0.39, 0.29) is 18.5 Å². The zero-order chi connectivity index (χ0) is 18.2. The van der Waals surface area contributed by atoms with Gasteiger partial charge < -0.3 is 15.4 Å². The van der Waals surface area contributed by atoms with Gasteiger partial charge in [-0.15, -0.1) is 0 Å². The molecule has 0 atom stereocenters. The van der Waals surface area contributed by atoms with Crippen LogP contribution in [0.1, 0.15) is 5.69 Å². The van der Waals surface area contributed by atoms with E-state index in [9.17, 15) is 4.79 Å². The van der Waals surface area contributed by atoms with Crippen molar-refractivity contribution in [2.75, 3.05) is 25.0 Å². The van der Waals surface area contributed by atoms with Crippen LogP contribution in [0.2, 0.25) is 0 Å². The summed E-state index contributed by atoms with van der Waals surface area (Å²) in [6.07, 6.45) is 6.38.